The Labute approximate surface area is 96.6 Å². The van der Waals surface area contributed by atoms with Gasteiger partial charge >= 0.3 is 0 Å². The number of amides is 2. The molecule has 2 amide bonds. The van der Waals surface area contributed by atoms with Crippen LogP contribution in [0.2, 0.25) is 0 Å². The Kier molecular flexibility index (Phi) is 4.08. The molecule has 0 aromatic rings. The highest BCUT2D eigenvalue weighted by molar-refractivity contribution is 6.03. The van der Waals surface area contributed by atoms with E-state index in [0.717, 1.165) is 6.42 Å². The number of nitrogens with zero attached hydrogens (tertiary/aromatic N) is 1. The van der Waals surface area contributed by atoms with E-state index in [1.54, 1.807) is 6.92 Å². The van der Waals surface area contributed by atoms with E-state index in [4.69, 9.17) is 5.11 Å². The summed E-state index contributed by atoms with van der Waals surface area (Å²) in [5.41, 5.74) is -0.113. The summed E-state index contributed by atoms with van der Waals surface area (Å²) in [4.78, 5) is 24.7. The molecule has 0 aliphatic carbocycles. The number of imide groups is 1. The van der Waals surface area contributed by atoms with E-state index in [-0.39, 0.29) is 29.8 Å². The topological polar surface area (TPSA) is 57.6 Å². The van der Waals surface area contributed by atoms with Crippen molar-refractivity contribution in [3.8, 4) is 0 Å². The van der Waals surface area contributed by atoms with E-state index in [0.29, 0.717) is 19.4 Å². The molecule has 0 aromatic heterocycles. The molecule has 1 atom stereocenters. The van der Waals surface area contributed by atoms with Crippen LogP contribution in [0.4, 0.5) is 0 Å². The third-order valence-corrected chi connectivity index (χ3v) is 3.07. The normalized spacial score (nSPS) is 22.0. The maximum Gasteiger partial charge on any atom is 0.232 e. The summed E-state index contributed by atoms with van der Waals surface area (Å²) in [6.07, 6.45) is 1.86. The third-order valence-electron chi connectivity index (χ3n) is 3.07. The zero-order valence-corrected chi connectivity index (χ0v) is 10.3. The molecule has 1 aliphatic heterocycles. The fourth-order valence-corrected chi connectivity index (χ4v) is 2.08. The van der Waals surface area contributed by atoms with E-state index >= 15 is 0 Å². The van der Waals surface area contributed by atoms with E-state index in [9.17, 15) is 9.59 Å². The summed E-state index contributed by atoms with van der Waals surface area (Å²) in [7, 11) is 0. The zero-order valence-electron chi connectivity index (χ0n) is 10.3. The average Bonchev–Trinajstić information content (AvgIpc) is 2.42. The number of hydrogen-bond acceptors (Lipinski definition) is 3. The van der Waals surface area contributed by atoms with Crippen molar-refractivity contribution in [1.29, 1.82) is 0 Å². The van der Waals surface area contributed by atoms with Gasteiger partial charge in [0.05, 0.1) is 0 Å². The summed E-state index contributed by atoms with van der Waals surface area (Å²) < 4.78 is 0. The predicted molar refractivity (Wildman–Crippen MR) is 60.6 cm³/mol. The van der Waals surface area contributed by atoms with Crippen LogP contribution in [0, 0.1) is 11.3 Å². The van der Waals surface area contributed by atoms with Gasteiger partial charge in [-0.25, -0.2) is 0 Å². The van der Waals surface area contributed by atoms with E-state index in [1.807, 2.05) is 13.8 Å². The number of carbonyl (C=O) groups is 2. The summed E-state index contributed by atoms with van der Waals surface area (Å²) in [5, 5.41) is 8.79. The molecule has 1 heterocycles. The monoisotopic (exact) mass is 227 g/mol. The lowest BCUT2D eigenvalue weighted by atomic mass is 9.87. The van der Waals surface area contributed by atoms with Crippen molar-refractivity contribution in [3.05, 3.63) is 0 Å². The Morgan fingerprint density at radius 1 is 1.44 bits per heavy atom. The molecule has 92 valence electrons. The Morgan fingerprint density at radius 3 is 2.50 bits per heavy atom. The number of carbonyl (C=O) groups excluding carboxylic acids is 2. The van der Waals surface area contributed by atoms with Crippen LogP contribution in [-0.4, -0.2) is 35.0 Å². The Hall–Kier alpha value is -0.900. The summed E-state index contributed by atoms with van der Waals surface area (Å²) in [5.74, 6) is -0.280. The lowest BCUT2D eigenvalue weighted by molar-refractivity contribution is -0.140. The van der Waals surface area contributed by atoms with Crippen molar-refractivity contribution in [2.45, 2.75) is 40.0 Å². The second-order valence-electron chi connectivity index (χ2n) is 5.41. The fourth-order valence-electron chi connectivity index (χ4n) is 2.08. The molecule has 1 fully saturated rings. The molecule has 1 aliphatic rings. The SMILES string of the molecule is CC1CC(=O)N(CC(C)(C)CCCO)C1=O. The first kappa shape index (κ1) is 13.2. The Balaban J connectivity index is 2.59. The van der Waals surface area contributed by atoms with Gasteiger partial charge in [0.15, 0.2) is 0 Å². The minimum absolute atomic E-state index is 0.0536. The van der Waals surface area contributed by atoms with E-state index in [2.05, 4.69) is 0 Å². The average molecular weight is 227 g/mol. The standard InChI is InChI=1S/C12H21NO3/c1-9-7-10(15)13(11(9)16)8-12(2,3)5-4-6-14/h9,14H,4-8H2,1-3H3. The molecule has 1 rings (SSSR count). The third kappa shape index (κ3) is 3.04. The van der Waals surface area contributed by atoms with Crippen molar-refractivity contribution in [1.82, 2.24) is 4.90 Å². The van der Waals surface area contributed by atoms with Crippen molar-refractivity contribution in [3.63, 3.8) is 0 Å². The molecular weight excluding hydrogens is 206 g/mol. The van der Waals surface area contributed by atoms with Crippen LogP contribution in [0.25, 0.3) is 0 Å². The lowest BCUT2D eigenvalue weighted by Crippen LogP contribution is -2.38. The van der Waals surface area contributed by atoms with Crippen LogP contribution < -0.4 is 0 Å². The molecule has 0 spiro atoms. The number of aliphatic hydroxyl groups excluding tert-OH is 1. The Bertz CT molecular complexity index is 286. The van der Waals surface area contributed by atoms with Gasteiger partial charge in [0.2, 0.25) is 11.8 Å². The number of aliphatic hydroxyl groups is 1. The van der Waals surface area contributed by atoms with Crippen LogP contribution in [0.1, 0.15) is 40.0 Å². The molecule has 1 unspecified atom stereocenters. The van der Waals surface area contributed by atoms with Crippen LogP contribution in [-0.2, 0) is 9.59 Å². The first-order valence-electron chi connectivity index (χ1n) is 5.82. The van der Waals surface area contributed by atoms with Gasteiger partial charge in [-0.2, -0.15) is 0 Å². The first-order chi connectivity index (χ1) is 7.37. The van der Waals surface area contributed by atoms with Gasteiger partial charge in [-0.3, -0.25) is 14.5 Å². The minimum Gasteiger partial charge on any atom is -0.396 e. The van der Waals surface area contributed by atoms with Crippen molar-refractivity contribution in [2.75, 3.05) is 13.2 Å². The highest BCUT2D eigenvalue weighted by atomic mass is 16.3. The highest BCUT2D eigenvalue weighted by Crippen LogP contribution is 2.28. The number of hydrogen-bond donors (Lipinski definition) is 1. The van der Waals surface area contributed by atoms with E-state index < -0.39 is 0 Å². The summed E-state index contributed by atoms with van der Waals surface area (Å²) in [6, 6.07) is 0. The molecule has 1 N–H and O–H groups in total. The second kappa shape index (κ2) is 4.95. The van der Waals surface area contributed by atoms with Crippen LogP contribution in [0.3, 0.4) is 0 Å². The summed E-state index contributed by atoms with van der Waals surface area (Å²) >= 11 is 0. The molecule has 0 radical (unpaired) electrons. The quantitative estimate of drug-likeness (QED) is 0.717. The van der Waals surface area contributed by atoms with Gasteiger partial charge in [0, 0.05) is 25.5 Å². The van der Waals surface area contributed by atoms with Crippen molar-refractivity contribution in [2.24, 2.45) is 11.3 Å². The number of rotatable bonds is 5. The molecule has 0 saturated carbocycles. The van der Waals surface area contributed by atoms with Gasteiger partial charge in [-0.15, -0.1) is 0 Å². The molecule has 16 heavy (non-hydrogen) atoms. The maximum absolute atomic E-state index is 11.7. The molecule has 0 aromatic carbocycles. The largest absolute Gasteiger partial charge is 0.396 e. The number of likely N-dealkylation sites (tertiary alicyclic amines) is 1. The predicted octanol–water partition coefficient (Wildman–Crippen LogP) is 1.18. The van der Waals surface area contributed by atoms with Crippen molar-refractivity contribution < 1.29 is 14.7 Å². The van der Waals surface area contributed by atoms with Gasteiger partial charge in [0.25, 0.3) is 0 Å². The second-order valence-corrected chi connectivity index (χ2v) is 5.41. The fraction of sp³-hybridized carbons (Fsp3) is 0.833. The lowest BCUT2D eigenvalue weighted by Gasteiger charge is -2.29. The van der Waals surface area contributed by atoms with Gasteiger partial charge < -0.3 is 5.11 Å². The molecule has 4 heteroatoms. The van der Waals surface area contributed by atoms with Gasteiger partial charge in [-0.1, -0.05) is 20.8 Å². The minimum atomic E-state index is -0.166. The first-order valence-corrected chi connectivity index (χ1v) is 5.82. The van der Waals surface area contributed by atoms with Gasteiger partial charge in [-0.05, 0) is 18.3 Å². The zero-order chi connectivity index (χ0) is 12.3. The van der Waals surface area contributed by atoms with Crippen LogP contribution >= 0.6 is 0 Å². The molecule has 4 nitrogen and oxygen atoms in total. The van der Waals surface area contributed by atoms with E-state index in [1.165, 1.54) is 4.90 Å². The van der Waals surface area contributed by atoms with Crippen molar-refractivity contribution >= 4 is 11.8 Å². The highest BCUT2D eigenvalue weighted by Gasteiger charge is 2.38. The molecular formula is C12H21NO3. The summed E-state index contributed by atoms with van der Waals surface area (Å²) in [6.45, 7) is 6.45. The molecule has 1 saturated heterocycles. The smallest absolute Gasteiger partial charge is 0.232 e. The molecule has 0 bridgehead atoms. The Morgan fingerprint density at radius 2 is 2.06 bits per heavy atom. The van der Waals surface area contributed by atoms with Crippen LogP contribution in [0.15, 0.2) is 0 Å². The maximum atomic E-state index is 11.7. The van der Waals surface area contributed by atoms with Crippen LogP contribution in [0.5, 0.6) is 0 Å². The van der Waals surface area contributed by atoms with Gasteiger partial charge in [0.1, 0.15) is 0 Å².